The van der Waals surface area contributed by atoms with E-state index < -0.39 is 0 Å². The summed E-state index contributed by atoms with van der Waals surface area (Å²) in [5.74, 6) is 0.546. The molecule has 0 spiro atoms. The van der Waals surface area contributed by atoms with Gasteiger partial charge in [-0.2, -0.15) is 0 Å². The van der Waals surface area contributed by atoms with Crippen molar-refractivity contribution in [2.45, 2.75) is 0 Å². The highest BCUT2D eigenvalue weighted by molar-refractivity contribution is 9.10. The number of methoxy groups -OCH3 is 1. The molecule has 3 aromatic rings. The van der Waals surface area contributed by atoms with Crippen LogP contribution in [0.5, 0.6) is 5.75 Å². The molecular weight excluding hydrogens is 356 g/mol. The fourth-order valence-electron chi connectivity index (χ4n) is 2.16. The number of nitrogens with one attached hydrogen (secondary N) is 1. The lowest BCUT2D eigenvalue weighted by atomic mass is 10.0. The average Bonchev–Trinajstić information content (AvgIpc) is 2.92. The Bertz CT molecular complexity index is 845. The van der Waals surface area contributed by atoms with Crippen molar-refractivity contribution < 1.29 is 9.53 Å². The number of benzene rings is 1. The number of fused-ring (bicyclic) bond motifs is 1. The standard InChI is InChI=1S/C15H10BrClN2O2/c1-21-12-3-2-8(6-10(12)16)14(20)9-7-19-15-13(9)11(17)4-5-18-15/h2-7H,1H3,(H,18,19). The molecule has 0 radical (unpaired) electrons. The van der Waals surface area contributed by atoms with Gasteiger partial charge in [0.15, 0.2) is 5.78 Å². The third-order valence-corrected chi connectivity index (χ3v) is 4.12. The number of H-pyrrole nitrogens is 1. The predicted molar refractivity (Wildman–Crippen MR) is 85.2 cm³/mol. The van der Waals surface area contributed by atoms with Gasteiger partial charge in [0.25, 0.3) is 0 Å². The van der Waals surface area contributed by atoms with E-state index in [1.165, 1.54) is 0 Å². The Hall–Kier alpha value is -1.85. The van der Waals surface area contributed by atoms with Gasteiger partial charge in [0, 0.05) is 23.3 Å². The average molecular weight is 366 g/mol. The van der Waals surface area contributed by atoms with E-state index in [0.717, 1.165) is 4.47 Å². The Kier molecular flexibility index (Phi) is 3.69. The van der Waals surface area contributed by atoms with Crippen LogP contribution in [0.2, 0.25) is 5.02 Å². The molecule has 2 heterocycles. The summed E-state index contributed by atoms with van der Waals surface area (Å²) in [6.07, 6.45) is 3.23. The third kappa shape index (κ3) is 2.43. The zero-order valence-corrected chi connectivity index (χ0v) is 13.3. The first kappa shape index (κ1) is 14.1. The molecule has 0 saturated heterocycles. The van der Waals surface area contributed by atoms with E-state index in [9.17, 15) is 4.79 Å². The molecule has 3 rings (SSSR count). The minimum absolute atomic E-state index is 0.125. The van der Waals surface area contributed by atoms with E-state index in [2.05, 4.69) is 25.9 Å². The molecule has 4 nitrogen and oxygen atoms in total. The fraction of sp³-hybridized carbons (Fsp3) is 0.0667. The second kappa shape index (κ2) is 5.50. The summed E-state index contributed by atoms with van der Waals surface area (Å²) in [5, 5.41) is 1.13. The summed E-state index contributed by atoms with van der Waals surface area (Å²) in [6, 6.07) is 6.85. The molecule has 0 fully saturated rings. The zero-order valence-electron chi connectivity index (χ0n) is 11.0. The highest BCUT2D eigenvalue weighted by Crippen LogP contribution is 2.30. The molecule has 6 heteroatoms. The first-order chi connectivity index (χ1) is 10.1. The second-order valence-corrected chi connectivity index (χ2v) is 5.66. The molecule has 0 amide bonds. The summed E-state index contributed by atoms with van der Waals surface area (Å²) >= 11 is 9.55. The van der Waals surface area contributed by atoms with E-state index in [4.69, 9.17) is 16.3 Å². The number of hydrogen-bond donors (Lipinski definition) is 1. The smallest absolute Gasteiger partial charge is 0.195 e. The molecule has 0 unspecified atom stereocenters. The Morgan fingerprint density at radius 3 is 2.90 bits per heavy atom. The lowest BCUT2D eigenvalue weighted by Gasteiger charge is -2.05. The summed E-state index contributed by atoms with van der Waals surface area (Å²) in [6.45, 7) is 0. The van der Waals surface area contributed by atoms with Crippen molar-refractivity contribution in [2.75, 3.05) is 7.11 Å². The van der Waals surface area contributed by atoms with Gasteiger partial charge >= 0.3 is 0 Å². The van der Waals surface area contributed by atoms with Crippen molar-refractivity contribution in [2.24, 2.45) is 0 Å². The number of aromatic nitrogens is 2. The quantitative estimate of drug-likeness (QED) is 0.707. The van der Waals surface area contributed by atoms with E-state index in [-0.39, 0.29) is 5.78 Å². The SMILES string of the molecule is COc1ccc(C(=O)c2c[nH]c3nccc(Cl)c23)cc1Br. The number of ketones is 1. The van der Waals surface area contributed by atoms with Crippen LogP contribution in [0, 0.1) is 0 Å². The Morgan fingerprint density at radius 2 is 2.19 bits per heavy atom. The van der Waals surface area contributed by atoms with E-state index in [0.29, 0.717) is 32.9 Å². The van der Waals surface area contributed by atoms with Crippen LogP contribution >= 0.6 is 27.5 Å². The first-order valence-corrected chi connectivity index (χ1v) is 7.28. The molecule has 21 heavy (non-hydrogen) atoms. The van der Waals surface area contributed by atoms with E-state index in [1.807, 2.05) is 0 Å². The Labute approximate surface area is 134 Å². The third-order valence-electron chi connectivity index (χ3n) is 3.18. The van der Waals surface area contributed by atoms with Crippen LogP contribution in [0.25, 0.3) is 11.0 Å². The normalized spacial score (nSPS) is 10.8. The van der Waals surface area contributed by atoms with Crippen molar-refractivity contribution in [1.82, 2.24) is 9.97 Å². The minimum atomic E-state index is -0.125. The molecule has 1 N–H and O–H groups in total. The van der Waals surface area contributed by atoms with Gasteiger partial charge in [-0.1, -0.05) is 11.6 Å². The molecule has 0 bridgehead atoms. The number of halogens is 2. The first-order valence-electron chi connectivity index (χ1n) is 6.11. The lowest BCUT2D eigenvalue weighted by molar-refractivity contribution is 0.104. The molecule has 0 saturated carbocycles. The van der Waals surface area contributed by atoms with Gasteiger partial charge in [0.05, 0.1) is 22.2 Å². The Balaban J connectivity index is 2.11. The minimum Gasteiger partial charge on any atom is -0.496 e. The highest BCUT2D eigenvalue weighted by atomic mass is 79.9. The number of rotatable bonds is 3. The number of aromatic amines is 1. The molecule has 0 aliphatic heterocycles. The summed E-state index contributed by atoms with van der Waals surface area (Å²) in [7, 11) is 1.58. The van der Waals surface area contributed by atoms with Gasteiger partial charge < -0.3 is 9.72 Å². The monoisotopic (exact) mass is 364 g/mol. The van der Waals surface area contributed by atoms with Crippen molar-refractivity contribution in [3.63, 3.8) is 0 Å². The van der Waals surface area contributed by atoms with Gasteiger partial charge in [-0.25, -0.2) is 4.98 Å². The molecule has 2 aromatic heterocycles. The van der Waals surface area contributed by atoms with Crippen LogP contribution in [0.1, 0.15) is 15.9 Å². The fourth-order valence-corrected chi connectivity index (χ4v) is 2.95. The van der Waals surface area contributed by atoms with Gasteiger partial charge in [0.2, 0.25) is 0 Å². The van der Waals surface area contributed by atoms with Gasteiger partial charge in [-0.3, -0.25) is 4.79 Å². The van der Waals surface area contributed by atoms with E-state index in [1.54, 1.807) is 43.8 Å². The van der Waals surface area contributed by atoms with Gasteiger partial charge in [-0.05, 0) is 40.2 Å². The second-order valence-electron chi connectivity index (χ2n) is 4.40. The number of nitrogens with zero attached hydrogens (tertiary/aromatic N) is 1. The topological polar surface area (TPSA) is 55.0 Å². The molecule has 1 aromatic carbocycles. The highest BCUT2D eigenvalue weighted by Gasteiger charge is 2.17. The zero-order chi connectivity index (χ0) is 15.0. The van der Waals surface area contributed by atoms with Crippen LogP contribution < -0.4 is 4.74 Å². The number of hydrogen-bond acceptors (Lipinski definition) is 3. The maximum Gasteiger partial charge on any atom is 0.195 e. The number of pyridine rings is 1. The maximum absolute atomic E-state index is 12.7. The van der Waals surface area contributed by atoms with Crippen molar-refractivity contribution in [1.29, 1.82) is 0 Å². The number of carbonyl (C=O) groups is 1. The maximum atomic E-state index is 12.7. The van der Waals surface area contributed by atoms with Crippen molar-refractivity contribution in [3.8, 4) is 5.75 Å². The van der Waals surface area contributed by atoms with Crippen LogP contribution in [0.15, 0.2) is 41.1 Å². The summed E-state index contributed by atoms with van der Waals surface area (Å²) in [4.78, 5) is 19.8. The lowest BCUT2D eigenvalue weighted by Crippen LogP contribution is -2.01. The summed E-state index contributed by atoms with van der Waals surface area (Å²) in [5.41, 5.74) is 1.64. The number of ether oxygens (including phenoxy) is 1. The Morgan fingerprint density at radius 1 is 1.38 bits per heavy atom. The molecule has 0 aliphatic carbocycles. The molecular formula is C15H10BrClN2O2. The van der Waals surface area contributed by atoms with Crippen LogP contribution in [-0.2, 0) is 0 Å². The van der Waals surface area contributed by atoms with Gasteiger partial charge in [-0.15, -0.1) is 0 Å². The van der Waals surface area contributed by atoms with Crippen LogP contribution in [0.3, 0.4) is 0 Å². The van der Waals surface area contributed by atoms with Crippen molar-refractivity contribution >= 4 is 44.3 Å². The number of carbonyl (C=O) groups excluding carboxylic acids is 1. The van der Waals surface area contributed by atoms with Crippen molar-refractivity contribution in [3.05, 3.63) is 57.3 Å². The van der Waals surface area contributed by atoms with Gasteiger partial charge in [0.1, 0.15) is 11.4 Å². The van der Waals surface area contributed by atoms with Crippen LogP contribution in [-0.4, -0.2) is 22.9 Å². The van der Waals surface area contributed by atoms with Crippen LogP contribution in [0.4, 0.5) is 0 Å². The van der Waals surface area contributed by atoms with E-state index >= 15 is 0 Å². The molecule has 0 aliphatic rings. The largest absolute Gasteiger partial charge is 0.496 e. The predicted octanol–water partition coefficient (Wildman–Crippen LogP) is 4.22. The summed E-state index contributed by atoms with van der Waals surface area (Å²) < 4.78 is 5.89. The molecule has 0 atom stereocenters. The molecule has 106 valence electrons.